The maximum atomic E-state index is 8.70. The van der Waals surface area contributed by atoms with Gasteiger partial charge in [0.15, 0.2) is 11.5 Å². The fourth-order valence-electron chi connectivity index (χ4n) is 1.50. The van der Waals surface area contributed by atoms with Crippen LogP contribution >= 0.6 is 15.9 Å². The number of halogens is 1. The first-order chi connectivity index (χ1) is 9.26. The van der Waals surface area contributed by atoms with Crippen LogP contribution in [0, 0.1) is 11.3 Å². The Labute approximate surface area is 119 Å². The average molecular weight is 319 g/mol. The van der Waals surface area contributed by atoms with Crippen LogP contribution in [0.25, 0.3) is 0 Å². The predicted octanol–water partition coefficient (Wildman–Crippen LogP) is 3.65. The number of rotatable bonds is 4. The summed E-state index contributed by atoms with van der Waals surface area (Å²) in [5, 5.41) is 9.45. The highest BCUT2D eigenvalue weighted by atomic mass is 79.9. The number of pyridine rings is 1. The summed E-state index contributed by atoms with van der Waals surface area (Å²) in [5.74, 6) is 1.65. The van der Waals surface area contributed by atoms with E-state index < -0.39 is 0 Å². The van der Waals surface area contributed by atoms with E-state index in [2.05, 4.69) is 20.9 Å². The first-order valence-corrected chi connectivity index (χ1v) is 6.66. The molecule has 0 N–H and O–H groups in total. The van der Waals surface area contributed by atoms with E-state index in [1.54, 1.807) is 19.2 Å². The fraction of sp³-hybridized carbons (Fsp3) is 0.143. The van der Waals surface area contributed by atoms with E-state index in [9.17, 15) is 0 Å². The molecule has 0 saturated heterocycles. The van der Waals surface area contributed by atoms with Crippen LogP contribution in [0.15, 0.2) is 36.5 Å². The molecule has 0 fully saturated rings. The summed E-state index contributed by atoms with van der Waals surface area (Å²) in [5.41, 5.74) is 1.59. The Hall–Kier alpha value is -2.06. The highest BCUT2D eigenvalue weighted by Crippen LogP contribution is 2.32. The smallest absolute Gasteiger partial charge is 0.219 e. The largest absolute Gasteiger partial charge is 0.493 e. The molecule has 19 heavy (non-hydrogen) atoms. The molecule has 2 aromatic rings. The zero-order chi connectivity index (χ0) is 13.7. The van der Waals surface area contributed by atoms with Crippen molar-refractivity contribution in [3.63, 3.8) is 0 Å². The number of nitrogens with zero attached hydrogens (tertiary/aromatic N) is 2. The molecule has 96 valence electrons. The fourth-order valence-corrected chi connectivity index (χ4v) is 1.85. The second-order valence-corrected chi connectivity index (χ2v) is 4.28. The SMILES string of the molecule is COc1cc(CBr)ccc1Oc1ccc(C#N)cn1. The van der Waals surface area contributed by atoms with Crippen LogP contribution in [-0.4, -0.2) is 12.1 Å². The third-order valence-corrected chi connectivity index (χ3v) is 3.11. The topological polar surface area (TPSA) is 55.1 Å². The van der Waals surface area contributed by atoms with Gasteiger partial charge in [0.25, 0.3) is 0 Å². The molecule has 1 aromatic heterocycles. The lowest BCUT2D eigenvalue weighted by Gasteiger charge is -2.10. The molecule has 0 radical (unpaired) electrons. The van der Waals surface area contributed by atoms with Gasteiger partial charge in [-0.1, -0.05) is 22.0 Å². The lowest BCUT2D eigenvalue weighted by Crippen LogP contribution is -1.93. The summed E-state index contributed by atoms with van der Waals surface area (Å²) < 4.78 is 10.9. The molecule has 2 rings (SSSR count). The van der Waals surface area contributed by atoms with Crippen LogP contribution < -0.4 is 9.47 Å². The van der Waals surface area contributed by atoms with E-state index in [1.807, 2.05) is 24.3 Å². The van der Waals surface area contributed by atoms with Crippen LogP contribution in [0.4, 0.5) is 0 Å². The molecular formula is C14H11BrN2O2. The van der Waals surface area contributed by atoms with Gasteiger partial charge in [0, 0.05) is 17.6 Å². The lowest BCUT2D eigenvalue weighted by molar-refractivity contribution is 0.374. The van der Waals surface area contributed by atoms with Crippen molar-refractivity contribution in [1.29, 1.82) is 5.26 Å². The Bertz CT molecular complexity index is 606. The molecule has 4 nitrogen and oxygen atoms in total. The van der Waals surface area contributed by atoms with Crippen LogP contribution in [0.2, 0.25) is 0 Å². The van der Waals surface area contributed by atoms with Crippen molar-refractivity contribution >= 4 is 15.9 Å². The van der Waals surface area contributed by atoms with Crippen LogP contribution in [0.5, 0.6) is 17.4 Å². The molecule has 0 atom stereocenters. The minimum absolute atomic E-state index is 0.420. The van der Waals surface area contributed by atoms with E-state index in [0.29, 0.717) is 22.9 Å². The van der Waals surface area contributed by atoms with Crippen molar-refractivity contribution in [2.75, 3.05) is 7.11 Å². The third kappa shape index (κ3) is 3.24. The predicted molar refractivity (Wildman–Crippen MR) is 74.7 cm³/mol. The van der Waals surface area contributed by atoms with Gasteiger partial charge < -0.3 is 9.47 Å². The summed E-state index contributed by atoms with van der Waals surface area (Å²) in [7, 11) is 1.59. The van der Waals surface area contributed by atoms with Gasteiger partial charge in [-0.2, -0.15) is 5.26 Å². The van der Waals surface area contributed by atoms with Crippen LogP contribution in [0.1, 0.15) is 11.1 Å². The molecule has 0 unspecified atom stereocenters. The summed E-state index contributed by atoms with van der Waals surface area (Å²) in [6, 6.07) is 11.0. The summed E-state index contributed by atoms with van der Waals surface area (Å²) in [4.78, 5) is 4.05. The van der Waals surface area contributed by atoms with Gasteiger partial charge >= 0.3 is 0 Å². The zero-order valence-electron chi connectivity index (χ0n) is 10.3. The molecule has 1 aromatic carbocycles. The van der Waals surface area contributed by atoms with E-state index in [-0.39, 0.29) is 0 Å². The number of ether oxygens (including phenoxy) is 2. The first kappa shape index (κ1) is 13.4. The number of methoxy groups -OCH3 is 1. The Morgan fingerprint density at radius 3 is 2.68 bits per heavy atom. The highest BCUT2D eigenvalue weighted by molar-refractivity contribution is 9.08. The molecule has 0 saturated carbocycles. The number of alkyl halides is 1. The minimum Gasteiger partial charge on any atom is -0.493 e. The van der Waals surface area contributed by atoms with Gasteiger partial charge in [-0.3, -0.25) is 0 Å². The van der Waals surface area contributed by atoms with Crippen molar-refractivity contribution in [3.05, 3.63) is 47.7 Å². The molecule has 0 aliphatic rings. The first-order valence-electron chi connectivity index (χ1n) is 5.53. The van der Waals surface area contributed by atoms with Crippen molar-refractivity contribution in [1.82, 2.24) is 4.98 Å². The van der Waals surface area contributed by atoms with E-state index >= 15 is 0 Å². The summed E-state index contributed by atoms with van der Waals surface area (Å²) in [6.45, 7) is 0. The Morgan fingerprint density at radius 2 is 2.11 bits per heavy atom. The number of hydrogen-bond donors (Lipinski definition) is 0. The van der Waals surface area contributed by atoms with Crippen LogP contribution in [-0.2, 0) is 5.33 Å². The normalized spacial score (nSPS) is 9.74. The van der Waals surface area contributed by atoms with Gasteiger partial charge in [-0.05, 0) is 23.8 Å². The molecule has 1 heterocycles. The van der Waals surface area contributed by atoms with Crippen molar-refractivity contribution in [2.24, 2.45) is 0 Å². The second kappa shape index (κ2) is 6.21. The summed E-state index contributed by atoms with van der Waals surface area (Å²) in [6.07, 6.45) is 1.47. The lowest BCUT2D eigenvalue weighted by atomic mass is 10.2. The van der Waals surface area contributed by atoms with E-state index in [1.165, 1.54) is 6.20 Å². The molecular weight excluding hydrogens is 308 g/mol. The molecule has 0 amide bonds. The van der Waals surface area contributed by atoms with E-state index in [0.717, 1.165) is 10.9 Å². The zero-order valence-corrected chi connectivity index (χ0v) is 11.8. The Morgan fingerprint density at radius 1 is 1.26 bits per heavy atom. The van der Waals surface area contributed by atoms with Crippen molar-refractivity contribution in [2.45, 2.75) is 5.33 Å². The maximum absolute atomic E-state index is 8.70. The quantitative estimate of drug-likeness (QED) is 0.807. The minimum atomic E-state index is 0.420. The van der Waals surface area contributed by atoms with Gasteiger partial charge in [0.05, 0.1) is 12.7 Å². The van der Waals surface area contributed by atoms with Crippen molar-refractivity contribution in [3.8, 4) is 23.4 Å². The van der Waals surface area contributed by atoms with Gasteiger partial charge in [0.1, 0.15) is 6.07 Å². The number of aromatic nitrogens is 1. The summed E-state index contributed by atoms with van der Waals surface area (Å²) >= 11 is 3.39. The molecule has 0 aliphatic carbocycles. The van der Waals surface area contributed by atoms with Gasteiger partial charge in [0.2, 0.25) is 5.88 Å². The van der Waals surface area contributed by atoms with Gasteiger partial charge in [-0.25, -0.2) is 4.98 Å². The second-order valence-electron chi connectivity index (χ2n) is 3.72. The molecule has 0 bridgehead atoms. The number of benzene rings is 1. The number of hydrogen-bond acceptors (Lipinski definition) is 4. The molecule has 0 aliphatic heterocycles. The third-order valence-electron chi connectivity index (χ3n) is 2.46. The highest BCUT2D eigenvalue weighted by Gasteiger charge is 2.07. The Balaban J connectivity index is 2.24. The number of nitriles is 1. The van der Waals surface area contributed by atoms with Gasteiger partial charge in [-0.15, -0.1) is 0 Å². The standard InChI is InChI=1S/C14H11BrN2O2/c1-18-13-6-10(7-15)2-4-12(13)19-14-5-3-11(8-16)9-17-14/h2-6,9H,7H2,1H3. The molecule has 5 heteroatoms. The van der Waals surface area contributed by atoms with E-state index in [4.69, 9.17) is 14.7 Å². The van der Waals surface area contributed by atoms with Crippen molar-refractivity contribution < 1.29 is 9.47 Å². The Kier molecular flexibility index (Phi) is 4.37. The average Bonchev–Trinajstić information content (AvgIpc) is 2.48. The van der Waals surface area contributed by atoms with Crippen LogP contribution in [0.3, 0.4) is 0 Å². The monoisotopic (exact) mass is 318 g/mol. The molecule has 0 spiro atoms. The maximum Gasteiger partial charge on any atom is 0.219 e.